The molecule has 2 rings (SSSR count). The minimum Gasteiger partial charge on any atom is -0.0844 e. The lowest BCUT2D eigenvalue weighted by atomic mass is 9.97. The molecule has 0 fully saturated rings. The van der Waals surface area contributed by atoms with E-state index in [0.717, 1.165) is 12.8 Å². The van der Waals surface area contributed by atoms with Crippen molar-refractivity contribution in [2.45, 2.75) is 25.7 Å². The van der Waals surface area contributed by atoms with Gasteiger partial charge in [0.25, 0.3) is 0 Å². The average molecular weight is 184 g/mol. The summed E-state index contributed by atoms with van der Waals surface area (Å²) >= 11 is 0. The quantitative estimate of drug-likeness (QED) is 0.538. The molecule has 0 spiro atoms. The molecule has 0 nitrogen and oxygen atoms in total. The molecule has 0 heterocycles. The zero-order valence-electron chi connectivity index (χ0n) is 8.45. The Morgan fingerprint density at radius 2 is 1.43 bits per heavy atom. The summed E-state index contributed by atoms with van der Waals surface area (Å²) in [4.78, 5) is 0. The van der Waals surface area contributed by atoms with Crippen molar-refractivity contribution in [2.24, 2.45) is 0 Å². The Hall–Kier alpha value is -1.30. The van der Waals surface area contributed by atoms with Crippen LogP contribution in [-0.2, 0) is 0 Å². The van der Waals surface area contributed by atoms with E-state index in [1.807, 2.05) is 0 Å². The van der Waals surface area contributed by atoms with Gasteiger partial charge in [-0.1, -0.05) is 48.6 Å². The van der Waals surface area contributed by atoms with Crippen LogP contribution in [0.3, 0.4) is 0 Å². The largest absolute Gasteiger partial charge is 0.0844 e. The van der Waals surface area contributed by atoms with Crippen molar-refractivity contribution >= 4 is 0 Å². The molecule has 0 atom stereocenters. The fourth-order valence-corrected chi connectivity index (χ4v) is 1.77. The van der Waals surface area contributed by atoms with E-state index in [0.29, 0.717) is 0 Å². The first-order valence-corrected chi connectivity index (χ1v) is 5.35. The monoisotopic (exact) mass is 184 g/mol. The molecule has 0 aromatic carbocycles. The van der Waals surface area contributed by atoms with Crippen LogP contribution >= 0.6 is 0 Å². The first-order chi connectivity index (χ1) is 6.97. The van der Waals surface area contributed by atoms with Crippen LogP contribution in [0.1, 0.15) is 25.7 Å². The number of allylic oxidation sites excluding steroid dienone is 10. The van der Waals surface area contributed by atoms with Crippen LogP contribution in [0, 0.1) is 0 Å². The van der Waals surface area contributed by atoms with Crippen LogP contribution in [0.4, 0.5) is 0 Å². The Morgan fingerprint density at radius 3 is 2.29 bits per heavy atom. The summed E-state index contributed by atoms with van der Waals surface area (Å²) in [7, 11) is 0. The summed E-state index contributed by atoms with van der Waals surface area (Å²) < 4.78 is 0. The van der Waals surface area contributed by atoms with Crippen molar-refractivity contribution in [1.82, 2.24) is 0 Å². The maximum atomic E-state index is 2.33. The SMILES string of the molecule is C1=CC(C2=C/C/C=C\C/C=C\2)=CCC1. The molecule has 14 heavy (non-hydrogen) atoms. The fourth-order valence-electron chi connectivity index (χ4n) is 1.77. The zero-order chi connectivity index (χ0) is 9.64. The van der Waals surface area contributed by atoms with Gasteiger partial charge in [-0.15, -0.1) is 0 Å². The molecule has 0 saturated heterocycles. The van der Waals surface area contributed by atoms with Crippen molar-refractivity contribution in [3.8, 4) is 0 Å². The molecule has 0 unspecified atom stereocenters. The van der Waals surface area contributed by atoms with Crippen LogP contribution in [0.5, 0.6) is 0 Å². The Morgan fingerprint density at radius 1 is 0.643 bits per heavy atom. The smallest absolute Gasteiger partial charge is 0.0160 e. The molecule has 0 heteroatoms. The van der Waals surface area contributed by atoms with Gasteiger partial charge in [-0.2, -0.15) is 0 Å². The van der Waals surface area contributed by atoms with Gasteiger partial charge in [0.05, 0.1) is 0 Å². The molecular weight excluding hydrogens is 168 g/mol. The maximum Gasteiger partial charge on any atom is -0.0160 e. The topological polar surface area (TPSA) is 0 Å². The average Bonchev–Trinajstić information content (AvgIpc) is 2.18. The van der Waals surface area contributed by atoms with Gasteiger partial charge in [0.1, 0.15) is 0 Å². The fraction of sp³-hybridized carbons (Fsp3) is 0.286. The van der Waals surface area contributed by atoms with E-state index < -0.39 is 0 Å². The Bertz CT molecular complexity index is 335. The first kappa shape index (κ1) is 9.26. The zero-order valence-corrected chi connectivity index (χ0v) is 8.45. The molecule has 0 aromatic rings. The summed E-state index contributed by atoms with van der Waals surface area (Å²) in [6, 6.07) is 0. The van der Waals surface area contributed by atoms with E-state index in [-0.39, 0.29) is 0 Å². The maximum absolute atomic E-state index is 2.33. The van der Waals surface area contributed by atoms with Crippen LogP contribution in [0.25, 0.3) is 0 Å². The predicted molar refractivity (Wildman–Crippen MR) is 62.1 cm³/mol. The second kappa shape index (κ2) is 4.80. The molecule has 0 aromatic heterocycles. The van der Waals surface area contributed by atoms with Crippen molar-refractivity contribution in [2.75, 3.05) is 0 Å². The number of rotatable bonds is 1. The first-order valence-electron chi connectivity index (χ1n) is 5.35. The van der Waals surface area contributed by atoms with Gasteiger partial charge >= 0.3 is 0 Å². The minimum absolute atomic E-state index is 1.06. The highest BCUT2D eigenvalue weighted by Crippen LogP contribution is 2.20. The summed E-state index contributed by atoms with van der Waals surface area (Å²) in [5, 5.41) is 0. The Labute approximate surface area is 86.0 Å². The van der Waals surface area contributed by atoms with Crippen molar-refractivity contribution in [3.63, 3.8) is 0 Å². The lowest BCUT2D eigenvalue weighted by Crippen LogP contribution is -1.89. The van der Waals surface area contributed by atoms with Crippen LogP contribution in [0.15, 0.2) is 59.8 Å². The predicted octanol–water partition coefficient (Wildman–Crippen LogP) is 4.10. The standard InChI is InChI=1S/C14H16/c1-2-5-9-13(10-6-3-1)14-11-7-4-8-12-14/h1-2,6-7,9-12H,3-5,8H2/b2-1-,10-6-,13-9+. The second-order valence-corrected chi connectivity index (χ2v) is 3.64. The molecule has 0 radical (unpaired) electrons. The molecular formula is C14H16. The third-order valence-corrected chi connectivity index (χ3v) is 2.54. The van der Waals surface area contributed by atoms with E-state index in [4.69, 9.17) is 0 Å². The van der Waals surface area contributed by atoms with E-state index >= 15 is 0 Å². The van der Waals surface area contributed by atoms with Gasteiger partial charge in [0.2, 0.25) is 0 Å². The number of hydrogen-bond donors (Lipinski definition) is 0. The molecule has 2 aliphatic carbocycles. The van der Waals surface area contributed by atoms with E-state index in [1.54, 1.807) is 0 Å². The molecule has 2 aliphatic rings. The third kappa shape index (κ3) is 2.35. The highest BCUT2D eigenvalue weighted by Gasteiger charge is 2.01. The normalized spacial score (nSPS) is 29.4. The van der Waals surface area contributed by atoms with Crippen LogP contribution in [0.2, 0.25) is 0 Å². The Balaban J connectivity index is 2.19. The van der Waals surface area contributed by atoms with Crippen molar-refractivity contribution in [3.05, 3.63) is 59.8 Å². The summed E-state index contributed by atoms with van der Waals surface area (Å²) in [5.74, 6) is 0. The van der Waals surface area contributed by atoms with Crippen molar-refractivity contribution < 1.29 is 0 Å². The molecule has 0 aliphatic heterocycles. The molecule has 72 valence electrons. The second-order valence-electron chi connectivity index (χ2n) is 3.64. The van der Waals surface area contributed by atoms with Gasteiger partial charge < -0.3 is 0 Å². The summed E-state index contributed by atoms with van der Waals surface area (Å²) in [5.41, 5.74) is 2.77. The van der Waals surface area contributed by atoms with E-state index in [1.165, 1.54) is 24.0 Å². The van der Waals surface area contributed by atoms with Gasteiger partial charge in [-0.3, -0.25) is 0 Å². The summed E-state index contributed by atoms with van der Waals surface area (Å²) in [6.07, 6.45) is 22.6. The highest BCUT2D eigenvalue weighted by atomic mass is 14.1. The highest BCUT2D eigenvalue weighted by molar-refractivity contribution is 5.48. The molecule has 0 saturated carbocycles. The minimum atomic E-state index is 1.06. The van der Waals surface area contributed by atoms with Gasteiger partial charge in [-0.05, 0) is 36.8 Å². The third-order valence-electron chi connectivity index (χ3n) is 2.54. The van der Waals surface area contributed by atoms with Crippen LogP contribution in [-0.4, -0.2) is 0 Å². The molecule has 0 amide bonds. The Kier molecular flexibility index (Phi) is 3.18. The lowest BCUT2D eigenvalue weighted by Gasteiger charge is -2.08. The summed E-state index contributed by atoms with van der Waals surface area (Å²) in [6.45, 7) is 0. The van der Waals surface area contributed by atoms with Gasteiger partial charge in [-0.25, -0.2) is 0 Å². The molecule has 0 N–H and O–H groups in total. The van der Waals surface area contributed by atoms with Gasteiger partial charge in [0, 0.05) is 0 Å². The lowest BCUT2D eigenvalue weighted by molar-refractivity contribution is 1.02. The molecule has 0 bridgehead atoms. The van der Waals surface area contributed by atoms with Crippen molar-refractivity contribution in [1.29, 1.82) is 0 Å². The van der Waals surface area contributed by atoms with E-state index in [2.05, 4.69) is 48.6 Å². The van der Waals surface area contributed by atoms with Gasteiger partial charge in [0.15, 0.2) is 0 Å². The van der Waals surface area contributed by atoms with E-state index in [9.17, 15) is 0 Å². The number of hydrogen-bond acceptors (Lipinski definition) is 0. The van der Waals surface area contributed by atoms with Crippen LogP contribution < -0.4 is 0 Å².